The zero-order valence-electron chi connectivity index (χ0n) is 13.3. The Bertz CT molecular complexity index is 915. The van der Waals surface area contributed by atoms with E-state index < -0.39 is 0 Å². The molecule has 0 radical (unpaired) electrons. The third-order valence-corrected chi connectivity index (χ3v) is 3.41. The van der Waals surface area contributed by atoms with Gasteiger partial charge >= 0.3 is 0 Å². The molecule has 0 unspecified atom stereocenters. The molecule has 0 saturated heterocycles. The number of nitrogens with zero attached hydrogens (tertiary/aromatic N) is 4. The molecule has 25 heavy (non-hydrogen) atoms. The van der Waals surface area contributed by atoms with Gasteiger partial charge in [0, 0.05) is 17.9 Å². The van der Waals surface area contributed by atoms with Crippen LogP contribution in [-0.2, 0) is 6.54 Å². The molecule has 2 aromatic carbocycles. The van der Waals surface area contributed by atoms with Crippen LogP contribution in [0.2, 0.25) is 0 Å². The van der Waals surface area contributed by atoms with Crippen LogP contribution in [-0.4, -0.2) is 15.0 Å². The van der Waals surface area contributed by atoms with E-state index in [1.54, 1.807) is 24.3 Å². The minimum absolute atomic E-state index is 0.0823. The standard InChI is InChI=1S/C17H16N8/c18-9-11-5-7-13(8-6-11)21-16-23-15(20)24-17(25-16)22-14-4-2-1-3-12(14)10-19/h1-8H,10,19H2,(H4,20,21,22,23,24,25). The van der Waals surface area contributed by atoms with Crippen LogP contribution in [0.4, 0.5) is 29.2 Å². The lowest BCUT2D eigenvalue weighted by Gasteiger charge is -2.11. The van der Waals surface area contributed by atoms with Gasteiger partial charge in [0.05, 0.1) is 11.6 Å². The first-order valence-corrected chi connectivity index (χ1v) is 7.51. The van der Waals surface area contributed by atoms with Gasteiger partial charge in [-0.25, -0.2) is 0 Å². The fraction of sp³-hybridized carbons (Fsp3) is 0.0588. The molecular formula is C17H16N8. The van der Waals surface area contributed by atoms with Gasteiger partial charge in [0.25, 0.3) is 0 Å². The maximum absolute atomic E-state index is 8.84. The van der Waals surface area contributed by atoms with Crippen LogP contribution in [0.25, 0.3) is 0 Å². The highest BCUT2D eigenvalue weighted by Gasteiger charge is 2.07. The number of rotatable bonds is 5. The molecule has 3 aromatic rings. The number of benzene rings is 2. The van der Waals surface area contributed by atoms with Gasteiger partial charge in [-0.3, -0.25) is 0 Å². The van der Waals surface area contributed by atoms with Crippen LogP contribution in [0.3, 0.4) is 0 Å². The lowest BCUT2D eigenvalue weighted by molar-refractivity contribution is 1.05. The molecule has 0 saturated carbocycles. The Labute approximate surface area is 144 Å². The molecule has 8 nitrogen and oxygen atoms in total. The first kappa shape index (κ1) is 16.2. The Hall–Kier alpha value is -3.70. The van der Waals surface area contributed by atoms with E-state index >= 15 is 0 Å². The van der Waals surface area contributed by atoms with Crippen molar-refractivity contribution in [2.75, 3.05) is 16.4 Å². The van der Waals surface area contributed by atoms with Crippen LogP contribution >= 0.6 is 0 Å². The molecule has 1 aromatic heterocycles. The summed E-state index contributed by atoms with van der Waals surface area (Å²) in [6, 6.07) is 16.6. The second-order valence-electron chi connectivity index (χ2n) is 5.14. The van der Waals surface area contributed by atoms with Crippen LogP contribution in [0.5, 0.6) is 0 Å². The topological polar surface area (TPSA) is 139 Å². The molecule has 0 aliphatic heterocycles. The second-order valence-corrected chi connectivity index (χ2v) is 5.14. The normalized spacial score (nSPS) is 10.1. The van der Waals surface area contributed by atoms with E-state index in [1.807, 2.05) is 24.3 Å². The maximum Gasteiger partial charge on any atom is 0.233 e. The van der Waals surface area contributed by atoms with E-state index in [4.69, 9.17) is 16.7 Å². The van der Waals surface area contributed by atoms with Crippen LogP contribution in [0.15, 0.2) is 48.5 Å². The predicted octanol–water partition coefficient (Wildman–Crippen LogP) is 2.27. The number of nitriles is 1. The molecule has 124 valence electrons. The quantitative estimate of drug-likeness (QED) is 0.558. The molecule has 0 amide bonds. The molecule has 0 spiro atoms. The lowest BCUT2D eigenvalue weighted by Crippen LogP contribution is -2.08. The summed E-state index contributed by atoms with van der Waals surface area (Å²) in [4.78, 5) is 12.5. The number of hydrogen-bond donors (Lipinski definition) is 4. The van der Waals surface area contributed by atoms with Crippen molar-refractivity contribution in [3.8, 4) is 6.07 Å². The third kappa shape index (κ3) is 3.99. The molecule has 6 N–H and O–H groups in total. The fourth-order valence-corrected chi connectivity index (χ4v) is 2.20. The van der Waals surface area contributed by atoms with Crippen molar-refractivity contribution in [3.63, 3.8) is 0 Å². The minimum atomic E-state index is 0.0823. The predicted molar refractivity (Wildman–Crippen MR) is 96.3 cm³/mol. The monoisotopic (exact) mass is 332 g/mol. The van der Waals surface area contributed by atoms with Crippen LogP contribution in [0.1, 0.15) is 11.1 Å². The molecule has 0 aliphatic rings. The highest BCUT2D eigenvalue weighted by atomic mass is 15.2. The van der Waals surface area contributed by atoms with Crippen LogP contribution < -0.4 is 22.1 Å². The summed E-state index contributed by atoms with van der Waals surface area (Å²) in [5.74, 6) is 0.688. The summed E-state index contributed by atoms with van der Waals surface area (Å²) in [5.41, 5.74) is 14.6. The smallest absolute Gasteiger partial charge is 0.233 e. The van der Waals surface area contributed by atoms with Gasteiger partial charge in [0.15, 0.2) is 0 Å². The summed E-state index contributed by atoms with van der Waals surface area (Å²) in [5, 5.41) is 15.0. The molecule has 0 bridgehead atoms. The van der Waals surface area contributed by atoms with Gasteiger partial charge < -0.3 is 22.1 Å². The number of para-hydroxylation sites is 1. The number of anilines is 5. The van der Waals surface area contributed by atoms with E-state index in [2.05, 4.69) is 31.7 Å². The van der Waals surface area contributed by atoms with E-state index in [-0.39, 0.29) is 5.95 Å². The Kier molecular flexibility index (Phi) is 4.69. The van der Waals surface area contributed by atoms with E-state index in [9.17, 15) is 0 Å². The highest BCUT2D eigenvalue weighted by molar-refractivity contribution is 5.61. The Morgan fingerprint density at radius 2 is 1.60 bits per heavy atom. The highest BCUT2D eigenvalue weighted by Crippen LogP contribution is 2.20. The van der Waals surface area contributed by atoms with E-state index in [0.717, 1.165) is 16.9 Å². The number of nitrogen functional groups attached to an aromatic ring is 1. The molecule has 8 heteroatoms. The van der Waals surface area contributed by atoms with Gasteiger partial charge in [0.1, 0.15) is 0 Å². The number of aromatic nitrogens is 3. The number of hydrogen-bond acceptors (Lipinski definition) is 8. The Morgan fingerprint density at radius 1 is 0.920 bits per heavy atom. The summed E-state index contributed by atoms with van der Waals surface area (Å²) in [6.07, 6.45) is 0. The Morgan fingerprint density at radius 3 is 2.28 bits per heavy atom. The minimum Gasteiger partial charge on any atom is -0.368 e. The molecular weight excluding hydrogens is 316 g/mol. The summed E-state index contributed by atoms with van der Waals surface area (Å²) < 4.78 is 0. The Balaban J connectivity index is 1.83. The van der Waals surface area contributed by atoms with Gasteiger partial charge in [-0.2, -0.15) is 20.2 Å². The molecule has 0 fully saturated rings. The largest absolute Gasteiger partial charge is 0.368 e. The SMILES string of the molecule is N#Cc1ccc(Nc2nc(N)nc(Nc3ccccc3CN)n2)cc1. The second kappa shape index (κ2) is 7.25. The van der Waals surface area contributed by atoms with E-state index in [0.29, 0.717) is 24.0 Å². The number of nitrogens with two attached hydrogens (primary N) is 2. The molecule has 0 atom stereocenters. The van der Waals surface area contributed by atoms with Crippen molar-refractivity contribution in [2.45, 2.75) is 6.54 Å². The molecule has 1 heterocycles. The first-order valence-electron chi connectivity index (χ1n) is 7.51. The number of nitrogens with one attached hydrogen (secondary N) is 2. The van der Waals surface area contributed by atoms with Crippen LogP contribution in [0, 0.1) is 11.3 Å². The van der Waals surface area contributed by atoms with Gasteiger partial charge in [-0.1, -0.05) is 18.2 Å². The maximum atomic E-state index is 8.84. The van der Waals surface area contributed by atoms with Crippen molar-refractivity contribution < 1.29 is 0 Å². The summed E-state index contributed by atoms with van der Waals surface area (Å²) in [7, 11) is 0. The fourth-order valence-electron chi connectivity index (χ4n) is 2.20. The molecule has 0 aliphatic carbocycles. The van der Waals surface area contributed by atoms with Crippen molar-refractivity contribution in [3.05, 3.63) is 59.7 Å². The zero-order valence-corrected chi connectivity index (χ0v) is 13.3. The zero-order chi connectivity index (χ0) is 17.6. The average Bonchev–Trinajstić information content (AvgIpc) is 2.62. The van der Waals surface area contributed by atoms with E-state index in [1.165, 1.54) is 0 Å². The average molecular weight is 332 g/mol. The van der Waals surface area contributed by atoms with Gasteiger partial charge in [-0.05, 0) is 35.9 Å². The van der Waals surface area contributed by atoms with Crippen molar-refractivity contribution >= 4 is 29.2 Å². The summed E-state index contributed by atoms with van der Waals surface area (Å²) in [6.45, 7) is 0.389. The van der Waals surface area contributed by atoms with Gasteiger partial charge in [0.2, 0.25) is 17.8 Å². The third-order valence-electron chi connectivity index (χ3n) is 3.41. The van der Waals surface area contributed by atoms with Crippen molar-refractivity contribution in [1.29, 1.82) is 5.26 Å². The molecule has 3 rings (SSSR count). The lowest BCUT2D eigenvalue weighted by atomic mass is 10.2. The van der Waals surface area contributed by atoms with Crippen molar-refractivity contribution in [2.24, 2.45) is 5.73 Å². The summed E-state index contributed by atoms with van der Waals surface area (Å²) >= 11 is 0. The van der Waals surface area contributed by atoms with Crippen molar-refractivity contribution in [1.82, 2.24) is 15.0 Å². The first-order chi connectivity index (χ1) is 12.2. The van der Waals surface area contributed by atoms with Gasteiger partial charge in [-0.15, -0.1) is 0 Å².